The fourth-order valence-corrected chi connectivity index (χ4v) is 4.03. The standard InChI is InChI=1S/C13H19N5O2S/c1-9(2)5-18-10(14-8-15-18)6-17-11(19)13(16-12(17)20)3-4-21-7-13/h8-9H,3-7H2,1-2H3,(H,16,20). The Morgan fingerprint density at radius 3 is 2.95 bits per heavy atom. The zero-order valence-electron chi connectivity index (χ0n) is 12.2. The minimum Gasteiger partial charge on any atom is -0.322 e. The van der Waals surface area contributed by atoms with Crippen LogP contribution in [0.2, 0.25) is 0 Å². The summed E-state index contributed by atoms with van der Waals surface area (Å²) in [6.45, 7) is 5.08. The molecule has 0 radical (unpaired) electrons. The first-order chi connectivity index (χ1) is 10.0. The van der Waals surface area contributed by atoms with E-state index in [4.69, 9.17) is 0 Å². The number of hydrogen-bond acceptors (Lipinski definition) is 5. The van der Waals surface area contributed by atoms with Crippen LogP contribution in [0.15, 0.2) is 6.33 Å². The molecule has 1 N–H and O–H groups in total. The molecule has 2 aliphatic rings. The van der Waals surface area contributed by atoms with Crippen molar-refractivity contribution in [2.75, 3.05) is 11.5 Å². The van der Waals surface area contributed by atoms with Crippen molar-refractivity contribution in [1.29, 1.82) is 0 Å². The normalized spacial score (nSPS) is 25.4. The maximum Gasteiger partial charge on any atom is 0.325 e. The molecule has 114 valence electrons. The number of amides is 3. The predicted molar refractivity (Wildman–Crippen MR) is 78.6 cm³/mol. The van der Waals surface area contributed by atoms with E-state index < -0.39 is 5.54 Å². The molecular formula is C13H19N5O2S. The van der Waals surface area contributed by atoms with Gasteiger partial charge in [0, 0.05) is 12.3 Å². The number of carbonyl (C=O) groups excluding carboxylic acids is 2. The van der Waals surface area contributed by atoms with Crippen LogP contribution in [0, 0.1) is 5.92 Å². The Morgan fingerprint density at radius 2 is 2.29 bits per heavy atom. The summed E-state index contributed by atoms with van der Waals surface area (Å²) in [7, 11) is 0. The smallest absolute Gasteiger partial charge is 0.322 e. The van der Waals surface area contributed by atoms with Crippen LogP contribution in [0.3, 0.4) is 0 Å². The summed E-state index contributed by atoms with van der Waals surface area (Å²) >= 11 is 1.70. The molecular weight excluding hydrogens is 290 g/mol. The van der Waals surface area contributed by atoms with Crippen LogP contribution in [-0.2, 0) is 17.9 Å². The lowest BCUT2D eigenvalue weighted by Gasteiger charge is -2.19. The molecule has 2 fully saturated rings. The molecule has 0 aromatic carbocycles. The molecule has 8 heteroatoms. The molecule has 0 saturated carbocycles. The average molecular weight is 309 g/mol. The van der Waals surface area contributed by atoms with Crippen molar-refractivity contribution in [2.24, 2.45) is 5.92 Å². The Balaban J connectivity index is 1.77. The van der Waals surface area contributed by atoms with Gasteiger partial charge in [-0.1, -0.05) is 13.8 Å². The van der Waals surface area contributed by atoms with E-state index in [1.807, 2.05) is 0 Å². The number of nitrogens with one attached hydrogen (secondary N) is 1. The Bertz CT molecular complexity index is 565. The van der Waals surface area contributed by atoms with Gasteiger partial charge in [-0.3, -0.25) is 9.69 Å². The summed E-state index contributed by atoms with van der Waals surface area (Å²) in [4.78, 5) is 30.2. The quantitative estimate of drug-likeness (QED) is 0.835. The molecule has 21 heavy (non-hydrogen) atoms. The molecule has 1 unspecified atom stereocenters. The number of carbonyl (C=O) groups is 2. The van der Waals surface area contributed by atoms with Crippen LogP contribution >= 0.6 is 11.8 Å². The van der Waals surface area contributed by atoms with Crippen LogP contribution in [0.25, 0.3) is 0 Å². The second kappa shape index (κ2) is 5.32. The summed E-state index contributed by atoms with van der Waals surface area (Å²) < 4.78 is 1.76. The van der Waals surface area contributed by atoms with Gasteiger partial charge in [0.1, 0.15) is 17.7 Å². The van der Waals surface area contributed by atoms with E-state index in [1.54, 1.807) is 16.4 Å². The number of nitrogens with zero attached hydrogens (tertiary/aromatic N) is 4. The lowest BCUT2D eigenvalue weighted by atomic mass is 9.99. The van der Waals surface area contributed by atoms with Gasteiger partial charge < -0.3 is 5.32 Å². The number of hydrogen-bond donors (Lipinski definition) is 1. The summed E-state index contributed by atoms with van der Waals surface area (Å²) in [6.07, 6.45) is 2.18. The van der Waals surface area contributed by atoms with Gasteiger partial charge in [0.05, 0.1) is 6.54 Å². The molecule has 1 aromatic heterocycles. The Labute approximate surface area is 127 Å². The van der Waals surface area contributed by atoms with E-state index in [1.165, 1.54) is 11.2 Å². The summed E-state index contributed by atoms with van der Waals surface area (Å²) in [5.41, 5.74) is -0.690. The third-order valence-electron chi connectivity index (χ3n) is 3.80. The van der Waals surface area contributed by atoms with Gasteiger partial charge in [0.2, 0.25) is 0 Å². The molecule has 0 bridgehead atoms. The second-order valence-corrected chi connectivity index (χ2v) is 7.06. The minimum absolute atomic E-state index is 0.128. The van der Waals surface area contributed by atoms with Gasteiger partial charge in [-0.25, -0.2) is 14.5 Å². The van der Waals surface area contributed by atoms with Crippen molar-refractivity contribution in [1.82, 2.24) is 25.0 Å². The number of thioether (sulfide) groups is 1. The minimum atomic E-state index is -0.690. The summed E-state index contributed by atoms with van der Waals surface area (Å²) in [6, 6.07) is -0.318. The highest BCUT2D eigenvalue weighted by Gasteiger charge is 2.53. The van der Waals surface area contributed by atoms with E-state index in [9.17, 15) is 9.59 Å². The predicted octanol–water partition coefficient (Wildman–Crippen LogP) is 0.862. The van der Waals surface area contributed by atoms with E-state index in [0.29, 0.717) is 23.9 Å². The monoisotopic (exact) mass is 309 g/mol. The first-order valence-electron chi connectivity index (χ1n) is 7.10. The zero-order valence-corrected chi connectivity index (χ0v) is 13.0. The molecule has 1 spiro atoms. The van der Waals surface area contributed by atoms with Crippen molar-refractivity contribution in [2.45, 2.75) is 38.9 Å². The number of aromatic nitrogens is 3. The second-order valence-electron chi connectivity index (χ2n) is 5.96. The molecule has 0 aliphatic carbocycles. The van der Waals surface area contributed by atoms with Gasteiger partial charge in [-0.2, -0.15) is 16.9 Å². The molecule has 1 aromatic rings. The Kier molecular flexibility index (Phi) is 3.64. The number of imide groups is 1. The lowest BCUT2D eigenvalue weighted by Crippen LogP contribution is -2.47. The number of urea groups is 1. The topological polar surface area (TPSA) is 80.1 Å². The maximum absolute atomic E-state index is 12.6. The molecule has 1 atom stereocenters. The molecule has 3 rings (SSSR count). The SMILES string of the molecule is CC(C)Cn1ncnc1CN1C(=O)NC2(CCSC2)C1=O. The molecule has 7 nitrogen and oxygen atoms in total. The number of rotatable bonds is 4. The van der Waals surface area contributed by atoms with E-state index in [2.05, 4.69) is 29.2 Å². The molecule has 2 saturated heterocycles. The summed E-state index contributed by atoms with van der Waals surface area (Å²) in [5.74, 6) is 2.51. The first-order valence-corrected chi connectivity index (χ1v) is 8.26. The fraction of sp³-hybridized carbons (Fsp3) is 0.692. The highest BCUT2D eigenvalue weighted by Crippen LogP contribution is 2.33. The maximum atomic E-state index is 12.6. The fourth-order valence-electron chi connectivity index (χ4n) is 2.70. The van der Waals surface area contributed by atoms with Crippen LogP contribution in [0.1, 0.15) is 26.1 Å². The van der Waals surface area contributed by atoms with Gasteiger partial charge in [0.15, 0.2) is 0 Å². The van der Waals surface area contributed by atoms with Crippen LogP contribution in [-0.4, -0.2) is 48.6 Å². The third-order valence-corrected chi connectivity index (χ3v) is 4.99. The highest BCUT2D eigenvalue weighted by atomic mass is 32.2. The lowest BCUT2D eigenvalue weighted by molar-refractivity contribution is -0.131. The van der Waals surface area contributed by atoms with Crippen molar-refractivity contribution in [3.63, 3.8) is 0 Å². The average Bonchev–Trinajstić information content (AvgIpc) is 3.09. The zero-order chi connectivity index (χ0) is 15.0. The molecule has 2 aliphatic heterocycles. The van der Waals surface area contributed by atoms with Crippen molar-refractivity contribution in [3.8, 4) is 0 Å². The van der Waals surface area contributed by atoms with Crippen LogP contribution < -0.4 is 5.32 Å². The Morgan fingerprint density at radius 1 is 1.48 bits per heavy atom. The van der Waals surface area contributed by atoms with Gasteiger partial charge in [-0.15, -0.1) is 0 Å². The van der Waals surface area contributed by atoms with Crippen molar-refractivity contribution < 1.29 is 9.59 Å². The van der Waals surface area contributed by atoms with Gasteiger partial charge >= 0.3 is 6.03 Å². The molecule has 3 heterocycles. The molecule has 3 amide bonds. The van der Waals surface area contributed by atoms with Crippen molar-refractivity contribution in [3.05, 3.63) is 12.2 Å². The van der Waals surface area contributed by atoms with Gasteiger partial charge in [-0.05, 0) is 18.1 Å². The van der Waals surface area contributed by atoms with Gasteiger partial charge in [0.25, 0.3) is 5.91 Å². The Hall–Kier alpha value is -1.57. The largest absolute Gasteiger partial charge is 0.325 e. The first kappa shape index (κ1) is 14.4. The highest BCUT2D eigenvalue weighted by molar-refractivity contribution is 7.99. The van der Waals surface area contributed by atoms with E-state index in [-0.39, 0.29) is 18.5 Å². The van der Waals surface area contributed by atoms with Crippen LogP contribution in [0.5, 0.6) is 0 Å². The summed E-state index contributed by atoms with van der Waals surface area (Å²) in [5, 5.41) is 7.03. The van der Waals surface area contributed by atoms with E-state index >= 15 is 0 Å². The van der Waals surface area contributed by atoms with E-state index in [0.717, 1.165) is 12.3 Å². The third kappa shape index (κ3) is 2.52. The van der Waals surface area contributed by atoms with Crippen molar-refractivity contribution >= 4 is 23.7 Å². The van der Waals surface area contributed by atoms with Crippen LogP contribution in [0.4, 0.5) is 4.79 Å².